The van der Waals surface area contributed by atoms with Crippen molar-refractivity contribution in [1.82, 2.24) is 14.1 Å². The standard InChI is InChI=1S/C26H28ClN5O2/c27-21-11-5-4-9-19(21)15-32-24-22(29-26(32)31-13-6-10-20(28)16-31)12-14-30(25(24)34)17-23(33)18-7-2-1-3-8-18/h1-3,7-9,11-12,14,20H,4-6,10,13,15-17,28H2/t20-/m1/s1. The minimum atomic E-state index is -0.238. The molecule has 7 nitrogen and oxygen atoms in total. The smallest absolute Gasteiger partial charge is 0.277 e. The Morgan fingerprint density at radius 2 is 1.94 bits per heavy atom. The number of imidazole rings is 1. The molecule has 2 N–H and O–H groups in total. The second-order valence-electron chi connectivity index (χ2n) is 8.98. The van der Waals surface area contributed by atoms with Crippen molar-refractivity contribution in [1.29, 1.82) is 0 Å². The molecule has 5 rings (SSSR count). The second kappa shape index (κ2) is 9.60. The van der Waals surface area contributed by atoms with Crippen molar-refractivity contribution in [2.75, 3.05) is 18.0 Å². The molecule has 8 heteroatoms. The lowest BCUT2D eigenvalue weighted by atomic mass is 10.1. The van der Waals surface area contributed by atoms with Gasteiger partial charge in [-0.3, -0.25) is 9.59 Å². The highest BCUT2D eigenvalue weighted by Gasteiger charge is 2.25. The summed E-state index contributed by atoms with van der Waals surface area (Å²) in [6.07, 6.45) is 9.58. The van der Waals surface area contributed by atoms with Crippen LogP contribution in [0.25, 0.3) is 11.0 Å². The van der Waals surface area contributed by atoms with Gasteiger partial charge in [0.15, 0.2) is 5.78 Å². The topological polar surface area (TPSA) is 86.2 Å². The molecule has 1 aliphatic carbocycles. The lowest BCUT2D eigenvalue weighted by molar-refractivity contribution is 0.0971. The zero-order chi connectivity index (χ0) is 23.7. The lowest BCUT2D eigenvalue weighted by Crippen LogP contribution is -2.44. The highest BCUT2D eigenvalue weighted by atomic mass is 35.5. The lowest BCUT2D eigenvalue weighted by Gasteiger charge is -2.32. The number of hydrogen-bond acceptors (Lipinski definition) is 5. The Kier molecular flexibility index (Phi) is 6.39. The number of piperidine rings is 1. The average molecular weight is 478 g/mol. The molecule has 1 fully saturated rings. The molecule has 3 aromatic rings. The number of Topliss-reactive ketones (excluding diaryl/α,β-unsaturated/α-hetero) is 1. The minimum Gasteiger partial charge on any atom is -0.341 e. The Hall–Kier alpha value is -3.16. The number of rotatable bonds is 6. The van der Waals surface area contributed by atoms with Crippen LogP contribution in [0.3, 0.4) is 0 Å². The molecular weight excluding hydrogens is 450 g/mol. The van der Waals surface area contributed by atoms with Crippen molar-refractivity contribution < 1.29 is 4.79 Å². The number of fused-ring (bicyclic) bond motifs is 1. The van der Waals surface area contributed by atoms with Gasteiger partial charge in [0, 0.05) is 35.9 Å². The molecular formula is C26H28ClN5O2. The first-order chi connectivity index (χ1) is 16.5. The minimum absolute atomic E-state index is 0.0305. The first-order valence-corrected chi connectivity index (χ1v) is 12.1. The SMILES string of the molecule is N[C@@H]1CCCN(c2nc3ccn(CC(=O)c4ccccc4)c(=O)c3n2CC2=CCCC=C2Cl)C1. The summed E-state index contributed by atoms with van der Waals surface area (Å²) in [4.78, 5) is 33.4. The van der Waals surface area contributed by atoms with Gasteiger partial charge in [-0.1, -0.05) is 54.1 Å². The van der Waals surface area contributed by atoms with Crippen molar-refractivity contribution >= 4 is 34.4 Å². The van der Waals surface area contributed by atoms with Gasteiger partial charge < -0.3 is 19.8 Å². The predicted molar refractivity (Wildman–Crippen MR) is 135 cm³/mol. The molecule has 1 aliphatic heterocycles. The number of carbonyl (C=O) groups excluding carboxylic acids is 1. The highest BCUT2D eigenvalue weighted by molar-refractivity contribution is 6.32. The van der Waals surface area contributed by atoms with Crippen molar-refractivity contribution in [3.05, 3.63) is 81.3 Å². The van der Waals surface area contributed by atoms with Gasteiger partial charge in [-0.2, -0.15) is 0 Å². The zero-order valence-electron chi connectivity index (χ0n) is 19.0. The largest absolute Gasteiger partial charge is 0.341 e. The Balaban J connectivity index is 1.58. The molecule has 1 aromatic carbocycles. The maximum absolute atomic E-state index is 13.6. The molecule has 0 spiro atoms. The third-order valence-corrected chi connectivity index (χ3v) is 6.91. The Labute approximate surface area is 203 Å². The van der Waals surface area contributed by atoms with Crippen LogP contribution in [0.5, 0.6) is 0 Å². The van der Waals surface area contributed by atoms with Gasteiger partial charge in [0.2, 0.25) is 5.95 Å². The predicted octanol–water partition coefficient (Wildman–Crippen LogP) is 3.85. The van der Waals surface area contributed by atoms with Gasteiger partial charge in [0.25, 0.3) is 5.56 Å². The molecule has 1 atom stereocenters. The summed E-state index contributed by atoms with van der Waals surface area (Å²) in [5.41, 5.74) is 8.66. The number of aromatic nitrogens is 3. The van der Waals surface area contributed by atoms with E-state index in [4.69, 9.17) is 22.3 Å². The van der Waals surface area contributed by atoms with Crippen LogP contribution in [0.15, 0.2) is 70.1 Å². The fourth-order valence-corrected chi connectivity index (χ4v) is 4.99. The summed E-state index contributed by atoms with van der Waals surface area (Å²) in [6.45, 7) is 1.93. The first-order valence-electron chi connectivity index (χ1n) is 11.7. The molecule has 0 unspecified atom stereocenters. The van der Waals surface area contributed by atoms with E-state index in [9.17, 15) is 9.59 Å². The molecule has 176 valence electrons. The maximum atomic E-state index is 13.6. The van der Waals surface area contributed by atoms with E-state index in [1.165, 1.54) is 4.57 Å². The number of benzene rings is 1. The van der Waals surface area contributed by atoms with Crippen molar-refractivity contribution in [3.63, 3.8) is 0 Å². The van der Waals surface area contributed by atoms with Crippen LogP contribution in [-0.2, 0) is 13.1 Å². The summed E-state index contributed by atoms with van der Waals surface area (Å²) in [5, 5.41) is 0.713. The summed E-state index contributed by atoms with van der Waals surface area (Å²) in [6, 6.07) is 10.9. The number of allylic oxidation sites excluding steroid dienone is 4. The normalized spacial score (nSPS) is 18.6. The molecule has 34 heavy (non-hydrogen) atoms. The molecule has 1 saturated heterocycles. The van der Waals surface area contributed by atoms with E-state index in [0.29, 0.717) is 34.7 Å². The monoisotopic (exact) mass is 477 g/mol. The molecule has 0 saturated carbocycles. The summed E-state index contributed by atoms with van der Waals surface area (Å²) < 4.78 is 3.42. The van der Waals surface area contributed by atoms with Crippen LogP contribution in [-0.4, -0.2) is 39.0 Å². The van der Waals surface area contributed by atoms with Crippen molar-refractivity contribution in [2.45, 2.75) is 44.8 Å². The van der Waals surface area contributed by atoms with E-state index in [-0.39, 0.29) is 23.9 Å². The highest BCUT2D eigenvalue weighted by Crippen LogP contribution is 2.29. The summed E-state index contributed by atoms with van der Waals surface area (Å²) >= 11 is 6.52. The van der Waals surface area contributed by atoms with E-state index < -0.39 is 0 Å². The van der Waals surface area contributed by atoms with Gasteiger partial charge in [0.1, 0.15) is 5.52 Å². The number of pyridine rings is 1. The number of nitrogens with zero attached hydrogens (tertiary/aromatic N) is 4. The van der Waals surface area contributed by atoms with Crippen LogP contribution in [0.4, 0.5) is 5.95 Å². The Bertz CT molecular complexity index is 1340. The van der Waals surface area contributed by atoms with E-state index in [2.05, 4.69) is 11.0 Å². The van der Waals surface area contributed by atoms with Gasteiger partial charge in [-0.25, -0.2) is 4.98 Å². The number of anilines is 1. The number of halogens is 1. The average Bonchev–Trinajstić information content (AvgIpc) is 3.22. The fraction of sp³-hybridized carbons (Fsp3) is 0.346. The second-order valence-corrected chi connectivity index (χ2v) is 9.38. The number of carbonyl (C=O) groups is 1. The van der Waals surface area contributed by atoms with Gasteiger partial charge in [-0.15, -0.1) is 0 Å². The molecule has 2 aliphatic rings. The maximum Gasteiger partial charge on any atom is 0.277 e. The number of hydrogen-bond donors (Lipinski definition) is 1. The van der Waals surface area contributed by atoms with Crippen LogP contribution in [0, 0.1) is 0 Å². The molecule has 3 heterocycles. The van der Waals surface area contributed by atoms with Crippen molar-refractivity contribution in [3.8, 4) is 0 Å². The van der Waals surface area contributed by atoms with Gasteiger partial charge >= 0.3 is 0 Å². The van der Waals surface area contributed by atoms with E-state index in [0.717, 1.165) is 43.7 Å². The summed E-state index contributed by atoms with van der Waals surface area (Å²) in [7, 11) is 0. The fourth-order valence-electron chi connectivity index (χ4n) is 4.75. The van der Waals surface area contributed by atoms with Crippen LogP contribution >= 0.6 is 11.6 Å². The van der Waals surface area contributed by atoms with E-state index >= 15 is 0 Å². The zero-order valence-corrected chi connectivity index (χ0v) is 19.7. The van der Waals surface area contributed by atoms with Gasteiger partial charge in [-0.05, 0) is 37.3 Å². The Morgan fingerprint density at radius 1 is 1.15 bits per heavy atom. The van der Waals surface area contributed by atoms with Crippen LogP contribution < -0.4 is 16.2 Å². The molecule has 0 bridgehead atoms. The van der Waals surface area contributed by atoms with E-state index in [1.54, 1.807) is 18.3 Å². The molecule has 0 radical (unpaired) electrons. The quantitative estimate of drug-likeness (QED) is 0.545. The van der Waals surface area contributed by atoms with Crippen LogP contribution in [0.2, 0.25) is 0 Å². The third kappa shape index (κ3) is 4.45. The first kappa shape index (κ1) is 22.6. The van der Waals surface area contributed by atoms with Gasteiger partial charge in [0.05, 0.1) is 18.6 Å². The van der Waals surface area contributed by atoms with Crippen LogP contribution in [0.1, 0.15) is 36.0 Å². The Morgan fingerprint density at radius 3 is 2.71 bits per heavy atom. The van der Waals surface area contributed by atoms with E-state index in [1.807, 2.05) is 34.9 Å². The molecule has 0 amide bonds. The molecule has 2 aromatic heterocycles. The third-order valence-electron chi connectivity index (χ3n) is 6.52. The van der Waals surface area contributed by atoms with Crippen molar-refractivity contribution in [2.24, 2.45) is 5.73 Å². The summed E-state index contributed by atoms with van der Waals surface area (Å²) in [5.74, 6) is 0.613. The number of ketones is 1. The number of nitrogens with two attached hydrogens (primary N) is 1.